The molecule has 1 aliphatic rings. The fourth-order valence-electron chi connectivity index (χ4n) is 1.82. The molecule has 1 aliphatic heterocycles. The molecule has 1 heterocycles. The lowest BCUT2D eigenvalue weighted by Gasteiger charge is -2.36. The average Bonchev–Trinajstić information content (AvgIpc) is 2.44. The van der Waals surface area contributed by atoms with Crippen LogP contribution in [0.4, 0.5) is 0 Å². The van der Waals surface area contributed by atoms with E-state index in [9.17, 15) is 9.59 Å². The fraction of sp³-hybridized carbons (Fsp3) is 0.800. The van der Waals surface area contributed by atoms with Crippen molar-refractivity contribution in [2.75, 3.05) is 39.3 Å². The quantitative estimate of drug-likeness (QED) is 0.407. The van der Waals surface area contributed by atoms with Gasteiger partial charge in [-0.15, -0.1) is 0 Å². The molecule has 0 radical (unpaired) electrons. The van der Waals surface area contributed by atoms with Gasteiger partial charge in [0.15, 0.2) is 0 Å². The van der Waals surface area contributed by atoms with Crippen LogP contribution < -0.4 is 22.9 Å². The molecular formula is C10H22N6O2. The molecule has 1 fully saturated rings. The van der Waals surface area contributed by atoms with E-state index in [1.165, 1.54) is 0 Å². The number of nitrogens with zero attached hydrogens (tertiary/aromatic N) is 2. The second-order valence-corrected chi connectivity index (χ2v) is 4.33. The van der Waals surface area contributed by atoms with Crippen molar-refractivity contribution in [3.63, 3.8) is 0 Å². The van der Waals surface area contributed by atoms with E-state index in [4.69, 9.17) is 22.9 Å². The molecule has 104 valence electrons. The average molecular weight is 258 g/mol. The van der Waals surface area contributed by atoms with Gasteiger partial charge in [0.1, 0.15) is 0 Å². The van der Waals surface area contributed by atoms with Gasteiger partial charge >= 0.3 is 0 Å². The molecule has 1 rings (SSSR count). The summed E-state index contributed by atoms with van der Waals surface area (Å²) in [6, 6.07) is -1.34. The van der Waals surface area contributed by atoms with Crippen LogP contribution in [0, 0.1) is 0 Å². The SMILES string of the molecule is NCC(N)C(=O)N1CCN(C(=O)C(N)CN)CC1. The van der Waals surface area contributed by atoms with Gasteiger partial charge in [-0.3, -0.25) is 9.59 Å². The highest BCUT2D eigenvalue weighted by molar-refractivity contribution is 5.84. The highest BCUT2D eigenvalue weighted by Crippen LogP contribution is 2.04. The molecule has 8 nitrogen and oxygen atoms in total. The monoisotopic (exact) mass is 258 g/mol. The van der Waals surface area contributed by atoms with E-state index >= 15 is 0 Å². The first-order chi connectivity index (χ1) is 8.51. The minimum absolute atomic E-state index is 0.121. The maximum atomic E-state index is 11.8. The number of nitrogens with two attached hydrogens (primary N) is 4. The van der Waals surface area contributed by atoms with E-state index in [0.717, 1.165) is 0 Å². The highest BCUT2D eigenvalue weighted by atomic mass is 16.2. The smallest absolute Gasteiger partial charge is 0.240 e. The molecule has 8 heteroatoms. The van der Waals surface area contributed by atoms with Crippen LogP contribution >= 0.6 is 0 Å². The molecule has 0 saturated carbocycles. The highest BCUT2D eigenvalue weighted by Gasteiger charge is 2.28. The van der Waals surface area contributed by atoms with Crippen LogP contribution in [0.25, 0.3) is 0 Å². The van der Waals surface area contributed by atoms with Crippen LogP contribution in [-0.2, 0) is 9.59 Å². The van der Waals surface area contributed by atoms with E-state index in [1.54, 1.807) is 9.80 Å². The Hall–Kier alpha value is -1.22. The third-order valence-corrected chi connectivity index (χ3v) is 3.05. The zero-order valence-electron chi connectivity index (χ0n) is 10.4. The predicted molar refractivity (Wildman–Crippen MR) is 67.2 cm³/mol. The zero-order chi connectivity index (χ0) is 13.7. The summed E-state index contributed by atoms with van der Waals surface area (Å²) in [4.78, 5) is 26.8. The Labute approximate surface area is 106 Å². The first-order valence-electron chi connectivity index (χ1n) is 6.00. The maximum absolute atomic E-state index is 11.8. The summed E-state index contributed by atoms with van der Waals surface area (Å²) in [5.74, 6) is -0.347. The molecule has 8 N–H and O–H groups in total. The molecule has 2 atom stereocenters. The van der Waals surface area contributed by atoms with Crippen LogP contribution in [0.1, 0.15) is 0 Å². The van der Waals surface area contributed by atoms with Gasteiger partial charge in [-0.05, 0) is 0 Å². The minimum Gasteiger partial charge on any atom is -0.338 e. The van der Waals surface area contributed by atoms with Gasteiger partial charge in [0, 0.05) is 39.3 Å². The zero-order valence-corrected chi connectivity index (χ0v) is 10.4. The molecule has 0 spiro atoms. The predicted octanol–water partition coefficient (Wildman–Crippen LogP) is -3.77. The maximum Gasteiger partial charge on any atom is 0.240 e. The molecule has 0 aromatic heterocycles. The van der Waals surface area contributed by atoms with Crippen LogP contribution in [0.5, 0.6) is 0 Å². The van der Waals surface area contributed by atoms with Gasteiger partial charge in [0.05, 0.1) is 12.1 Å². The van der Waals surface area contributed by atoms with Gasteiger partial charge in [0.2, 0.25) is 11.8 Å². The second-order valence-electron chi connectivity index (χ2n) is 4.33. The second kappa shape index (κ2) is 6.64. The lowest BCUT2D eigenvalue weighted by molar-refractivity contribution is -0.140. The Kier molecular flexibility index (Phi) is 5.48. The Morgan fingerprint density at radius 2 is 1.11 bits per heavy atom. The van der Waals surface area contributed by atoms with Crippen molar-refractivity contribution in [3.8, 4) is 0 Å². The summed E-state index contributed by atoms with van der Waals surface area (Å²) in [5.41, 5.74) is 21.8. The Morgan fingerprint density at radius 3 is 1.33 bits per heavy atom. The number of amides is 2. The lowest BCUT2D eigenvalue weighted by atomic mass is 10.2. The molecular weight excluding hydrogens is 236 g/mol. The lowest BCUT2D eigenvalue weighted by Crippen LogP contribution is -2.58. The van der Waals surface area contributed by atoms with Gasteiger partial charge < -0.3 is 32.7 Å². The standard InChI is InChI=1S/C10H22N6O2/c11-5-7(13)9(17)15-1-2-16(4-3-15)10(18)8(14)6-12/h7-8H,1-6,11-14H2. The van der Waals surface area contributed by atoms with Crippen LogP contribution in [0.2, 0.25) is 0 Å². The third-order valence-electron chi connectivity index (χ3n) is 3.05. The van der Waals surface area contributed by atoms with Crippen LogP contribution in [0.3, 0.4) is 0 Å². The number of hydrogen-bond acceptors (Lipinski definition) is 6. The van der Waals surface area contributed by atoms with E-state index in [2.05, 4.69) is 0 Å². The minimum atomic E-state index is -0.668. The Balaban J connectivity index is 2.46. The van der Waals surface area contributed by atoms with Crippen molar-refractivity contribution in [1.82, 2.24) is 9.80 Å². The fourth-order valence-corrected chi connectivity index (χ4v) is 1.82. The molecule has 0 aliphatic carbocycles. The number of carbonyl (C=O) groups excluding carboxylic acids is 2. The summed E-state index contributed by atoms with van der Waals surface area (Å²) in [6.07, 6.45) is 0. The number of piperazine rings is 1. The van der Waals surface area contributed by atoms with Gasteiger partial charge in [-0.1, -0.05) is 0 Å². The van der Waals surface area contributed by atoms with Crippen LogP contribution in [-0.4, -0.2) is 73.0 Å². The van der Waals surface area contributed by atoms with Crippen molar-refractivity contribution in [3.05, 3.63) is 0 Å². The number of carbonyl (C=O) groups is 2. The van der Waals surface area contributed by atoms with Crippen LogP contribution in [0.15, 0.2) is 0 Å². The molecule has 2 amide bonds. The third kappa shape index (κ3) is 3.39. The summed E-state index contributed by atoms with van der Waals surface area (Å²) in [7, 11) is 0. The summed E-state index contributed by atoms with van der Waals surface area (Å²) >= 11 is 0. The topological polar surface area (TPSA) is 145 Å². The molecule has 0 aromatic carbocycles. The van der Waals surface area contributed by atoms with Gasteiger partial charge in [0.25, 0.3) is 0 Å². The van der Waals surface area contributed by atoms with E-state index < -0.39 is 12.1 Å². The Morgan fingerprint density at radius 1 is 0.833 bits per heavy atom. The van der Waals surface area contributed by atoms with E-state index in [-0.39, 0.29) is 24.9 Å². The first kappa shape index (κ1) is 14.8. The molecule has 0 aromatic rings. The van der Waals surface area contributed by atoms with Crippen molar-refractivity contribution < 1.29 is 9.59 Å². The summed E-state index contributed by atoms with van der Waals surface area (Å²) in [6.45, 7) is 2.06. The van der Waals surface area contributed by atoms with E-state index in [0.29, 0.717) is 26.2 Å². The van der Waals surface area contributed by atoms with Crippen molar-refractivity contribution in [1.29, 1.82) is 0 Å². The molecule has 2 unspecified atom stereocenters. The Bertz CT molecular complexity index is 273. The van der Waals surface area contributed by atoms with E-state index in [1.807, 2.05) is 0 Å². The molecule has 18 heavy (non-hydrogen) atoms. The van der Waals surface area contributed by atoms with Crippen molar-refractivity contribution >= 4 is 11.8 Å². The largest absolute Gasteiger partial charge is 0.338 e. The van der Waals surface area contributed by atoms with Crippen molar-refractivity contribution in [2.24, 2.45) is 22.9 Å². The first-order valence-corrected chi connectivity index (χ1v) is 6.00. The van der Waals surface area contributed by atoms with Gasteiger partial charge in [-0.2, -0.15) is 0 Å². The number of hydrogen-bond donors (Lipinski definition) is 4. The normalized spacial score (nSPS) is 19.6. The number of rotatable bonds is 4. The molecule has 0 bridgehead atoms. The van der Waals surface area contributed by atoms with Gasteiger partial charge in [-0.25, -0.2) is 0 Å². The summed E-state index contributed by atoms with van der Waals surface area (Å²) < 4.78 is 0. The van der Waals surface area contributed by atoms with Crippen molar-refractivity contribution in [2.45, 2.75) is 12.1 Å². The summed E-state index contributed by atoms with van der Waals surface area (Å²) in [5, 5.41) is 0. The molecule has 1 saturated heterocycles.